The number of aliphatic imine (C=N–C) groups is 1. The first kappa shape index (κ1) is 26.6. The molecule has 0 aliphatic heterocycles. The third kappa shape index (κ3) is 7.47. The Labute approximate surface area is 220 Å². The van der Waals surface area contributed by atoms with E-state index in [-0.39, 0.29) is 24.0 Å². The topological polar surface area (TPSA) is 34.1 Å². The van der Waals surface area contributed by atoms with E-state index in [1.807, 2.05) is 36.6 Å². The Morgan fingerprint density at radius 2 is 1.34 bits per heavy atom. The Kier molecular flexibility index (Phi) is 11.0. The highest BCUT2D eigenvalue weighted by Crippen LogP contribution is 2.30. The minimum atomic E-state index is 0. The second kappa shape index (κ2) is 13.2. The molecule has 0 bridgehead atoms. The van der Waals surface area contributed by atoms with Gasteiger partial charge in [0.2, 0.25) is 0 Å². The van der Waals surface area contributed by atoms with Crippen LogP contribution in [0.5, 0.6) is 11.5 Å². The first-order valence-corrected chi connectivity index (χ1v) is 11.6. The van der Waals surface area contributed by atoms with E-state index in [2.05, 4.69) is 29.2 Å². The maximum Gasteiger partial charge on any atom is 0.164 e. The molecular formula is C24H25Cl2IN2O2S. The fourth-order valence-electron chi connectivity index (χ4n) is 3.01. The Morgan fingerprint density at radius 1 is 0.844 bits per heavy atom. The Bertz CT molecular complexity index is 982. The lowest BCUT2D eigenvalue weighted by Crippen LogP contribution is -2.27. The average molecular weight is 603 g/mol. The van der Waals surface area contributed by atoms with Crippen LogP contribution in [0, 0.1) is 0 Å². The fourth-order valence-corrected chi connectivity index (χ4v) is 4.04. The molecule has 0 aliphatic carbocycles. The summed E-state index contributed by atoms with van der Waals surface area (Å²) in [7, 11) is 3.33. The molecule has 3 rings (SSSR count). The van der Waals surface area contributed by atoms with Gasteiger partial charge >= 0.3 is 0 Å². The normalized spacial score (nSPS) is 11.0. The van der Waals surface area contributed by atoms with Crippen molar-refractivity contribution in [2.24, 2.45) is 4.99 Å². The largest absolute Gasteiger partial charge is 0.497 e. The summed E-state index contributed by atoms with van der Waals surface area (Å²) in [5.41, 5.74) is 2.99. The fraction of sp³-hybridized carbons (Fsp3) is 0.208. The maximum absolute atomic E-state index is 6.38. The predicted octanol–water partition coefficient (Wildman–Crippen LogP) is 7.68. The van der Waals surface area contributed by atoms with E-state index in [4.69, 9.17) is 37.7 Å². The van der Waals surface area contributed by atoms with Gasteiger partial charge in [0, 0.05) is 18.1 Å². The number of halogens is 3. The van der Waals surface area contributed by atoms with Gasteiger partial charge in [-0.15, -0.1) is 24.0 Å². The Hall–Kier alpha value is -1.61. The summed E-state index contributed by atoms with van der Waals surface area (Å²) in [6.45, 7) is 1.36. The van der Waals surface area contributed by atoms with Crippen LogP contribution >= 0.6 is 58.9 Å². The molecule has 0 N–H and O–H groups in total. The number of ether oxygens (including phenoxy) is 2. The molecule has 3 aromatic carbocycles. The number of thioether (sulfide) groups is 1. The molecule has 0 radical (unpaired) electrons. The summed E-state index contributed by atoms with van der Waals surface area (Å²) in [6.07, 6.45) is 2.01. The highest BCUT2D eigenvalue weighted by atomic mass is 127. The van der Waals surface area contributed by atoms with Crippen LogP contribution in [0.1, 0.15) is 11.1 Å². The maximum atomic E-state index is 6.38. The zero-order valence-corrected chi connectivity index (χ0v) is 22.7. The first-order valence-electron chi connectivity index (χ1n) is 9.61. The molecule has 32 heavy (non-hydrogen) atoms. The zero-order valence-electron chi connectivity index (χ0n) is 18.0. The van der Waals surface area contributed by atoms with Crippen LogP contribution in [-0.2, 0) is 13.1 Å². The molecule has 4 nitrogen and oxygen atoms in total. The Balaban J connectivity index is 0.00000363. The standard InChI is InChI=1S/C24H24Cl2N2O2S.HI/c1-29-20-9-4-17(5-10-20)15-28(16-18-6-11-21(30-2)12-7-18)24(31-3)27-23-13-8-19(25)14-22(23)26;/h4-14H,15-16H2,1-3H3;1H. The lowest BCUT2D eigenvalue weighted by molar-refractivity contribution is 0.405. The number of rotatable bonds is 7. The molecule has 0 saturated carbocycles. The van der Waals surface area contributed by atoms with Gasteiger partial charge in [0.15, 0.2) is 5.17 Å². The van der Waals surface area contributed by atoms with Crippen molar-refractivity contribution in [1.82, 2.24) is 4.90 Å². The van der Waals surface area contributed by atoms with Crippen molar-refractivity contribution in [3.05, 3.63) is 87.9 Å². The summed E-state index contributed by atoms with van der Waals surface area (Å²) in [5.74, 6) is 1.66. The minimum Gasteiger partial charge on any atom is -0.497 e. The van der Waals surface area contributed by atoms with E-state index >= 15 is 0 Å². The number of benzene rings is 3. The molecule has 8 heteroatoms. The summed E-state index contributed by atoms with van der Waals surface area (Å²) in [6, 6.07) is 21.4. The summed E-state index contributed by atoms with van der Waals surface area (Å²) in [5, 5.41) is 1.96. The molecule has 0 saturated heterocycles. The molecule has 0 fully saturated rings. The zero-order chi connectivity index (χ0) is 22.2. The van der Waals surface area contributed by atoms with Crippen LogP contribution in [0.15, 0.2) is 71.7 Å². The van der Waals surface area contributed by atoms with Crippen LogP contribution in [0.25, 0.3) is 0 Å². The van der Waals surface area contributed by atoms with Gasteiger partial charge in [-0.1, -0.05) is 59.2 Å². The van der Waals surface area contributed by atoms with Crippen molar-refractivity contribution in [2.75, 3.05) is 20.5 Å². The van der Waals surface area contributed by atoms with Crippen molar-refractivity contribution in [3.8, 4) is 11.5 Å². The predicted molar refractivity (Wildman–Crippen MR) is 148 cm³/mol. The highest BCUT2D eigenvalue weighted by Gasteiger charge is 2.14. The smallest absolute Gasteiger partial charge is 0.164 e. The molecule has 0 unspecified atom stereocenters. The Morgan fingerprint density at radius 3 is 1.75 bits per heavy atom. The average Bonchev–Trinajstić information content (AvgIpc) is 2.79. The van der Waals surface area contributed by atoms with Crippen LogP contribution in [0.2, 0.25) is 10.0 Å². The van der Waals surface area contributed by atoms with Gasteiger partial charge in [-0.05, 0) is 59.8 Å². The summed E-state index contributed by atoms with van der Waals surface area (Å²) in [4.78, 5) is 7.06. The molecular weight excluding hydrogens is 578 g/mol. The summed E-state index contributed by atoms with van der Waals surface area (Å²) >= 11 is 14.0. The van der Waals surface area contributed by atoms with Gasteiger partial charge in [-0.2, -0.15) is 0 Å². The summed E-state index contributed by atoms with van der Waals surface area (Å²) < 4.78 is 10.6. The quantitative estimate of drug-likeness (QED) is 0.158. The minimum absolute atomic E-state index is 0. The molecule has 170 valence electrons. The molecule has 0 atom stereocenters. The van der Waals surface area contributed by atoms with Gasteiger partial charge in [-0.25, -0.2) is 4.99 Å². The number of hydrogen-bond donors (Lipinski definition) is 0. The first-order chi connectivity index (χ1) is 15.0. The van der Waals surface area contributed by atoms with Crippen molar-refractivity contribution in [2.45, 2.75) is 13.1 Å². The second-order valence-electron chi connectivity index (χ2n) is 6.75. The van der Waals surface area contributed by atoms with Gasteiger partial charge in [0.25, 0.3) is 0 Å². The van der Waals surface area contributed by atoms with Crippen molar-refractivity contribution in [3.63, 3.8) is 0 Å². The second-order valence-corrected chi connectivity index (χ2v) is 8.36. The van der Waals surface area contributed by atoms with E-state index in [0.717, 1.165) is 27.8 Å². The van der Waals surface area contributed by atoms with Crippen LogP contribution in [0.3, 0.4) is 0 Å². The molecule has 0 aromatic heterocycles. The monoisotopic (exact) mass is 602 g/mol. The molecule has 0 spiro atoms. The third-order valence-electron chi connectivity index (χ3n) is 4.64. The number of methoxy groups -OCH3 is 2. The van der Waals surface area contributed by atoms with Gasteiger partial charge in [0.1, 0.15) is 11.5 Å². The van der Waals surface area contributed by atoms with Crippen molar-refractivity contribution < 1.29 is 9.47 Å². The van der Waals surface area contributed by atoms with Crippen molar-refractivity contribution >= 4 is 69.8 Å². The van der Waals surface area contributed by atoms with E-state index < -0.39 is 0 Å². The van der Waals surface area contributed by atoms with Crippen LogP contribution < -0.4 is 9.47 Å². The van der Waals surface area contributed by atoms with E-state index in [1.165, 1.54) is 0 Å². The molecule has 0 aliphatic rings. The van der Waals surface area contributed by atoms with E-state index in [9.17, 15) is 0 Å². The van der Waals surface area contributed by atoms with Crippen LogP contribution in [-0.4, -0.2) is 30.5 Å². The SMILES string of the molecule is COc1ccc(CN(Cc2ccc(OC)cc2)C(=Nc2ccc(Cl)cc2Cl)SC)cc1.I. The number of hydrogen-bond acceptors (Lipinski definition) is 4. The number of nitrogens with zero attached hydrogens (tertiary/aromatic N) is 2. The third-order valence-corrected chi connectivity index (χ3v) is 5.90. The van der Waals surface area contributed by atoms with Gasteiger partial charge < -0.3 is 14.4 Å². The van der Waals surface area contributed by atoms with Gasteiger partial charge in [0.05, 0.1) is 24.9 Å². The highest BCUT2D eigenvalue weighted by molar-refractivity contribution is 14.0. The molecule has 0 heterocycles. The van der Waals surface area contributed by atoms with Gasteiger partial charge in [-0.3, -0.25) is 0 Å². The van der Waals surface area contributed by atoms with E-state index in [0.29, 0.717) is 28.8 Å². The molecule has 0 amide bonds. The molecule has 3 aromatic rings. The van der Waals surface area contributed by atoms with Crippen LogP contribution in [0.4, 0.5) is 5.69 Å². The van der Waals surface area contributed by atoms with Crippen molar-refractivity contribution in [1.29, 1.82) is 0 Å². The van der Waals surface area contributed by atoms with E-state index in [1.54, 1.807) is 38.1 Å². The lowest BCUT2D eigenvalue weighted by atomic mass is 10.1. The lowest BCUT2D eigenvalue weighted by Gasteiger charge is -2.26. The number of amidine groups is 1.